The third kappa shape index (κ3) is 3.32. The summed E-state index contributed by atoms with van der Waals surface area (Å²) in [5.74, 6) is -2.41. The van der Waals surface area contributed by atoms with Crippen molar-refractivity contribution >= 4 is 40.1 Å². The minimum absolute atomic E-state index is 0.0434. The molecule has 0 unspecified atom stereocenters. The first-order chi connectivity index (χ1) is 19.8. The molecule has 0 aliphatic carbocycles. The fourth-order valence-corrected chi connectivity index (χ4v) is 6.88. The Labute approximate surface area is 234 Å². The molecule has 1 amide bonds. The smallest absolute Gasteiger partial charge is 0.269 e. The molecule has 7 rings (SSSR count). The van der Waals surface area contributed by atoms with E-state index in [4.69, 9.17) is 4.42 Å². The molecule has 1 fully saturated rings. The predicted octanol–water partition coefficient (Wildman–Crippen LogP) is 5.43. The maximum absolute atomic E-state index is 14.6. The SMILES string of the molecule is CC1=C[C@@H]2N(c3ccccc31)[C@H](C(=O)c1ccc([N+](=O)[O-])cc1)[C@@H](C(=O)c1ccco1)[C@]21C(=O)Nc2ccccc21. The lowest BCUT2D eigenvalue weighted by molar-refractivity contribution is -0.384. The molecule has 0 saturated carbocycles. The molecule has 202 valence electrons. The van der Waals surface area contributed by atoms with E-state index in [2.05, 4.69) is 5.32 Å². The van der Waals surface area contributed by atoms with Crippen LogP contribution in [-0.2, 0) is 10.2 Å². The van der Waals surface area contributed by atoms with Gasteiger partial charge in [-0.1, -0.05) is 42.5 Å². The number of ketones is 2. The molecule has 9 heteroatoms. The fourth-order valence-electron chi connectivity index (χ4n) is 6.88. The number of furan rings is 1. The molecule has 41 heavy (non-hydrogen) atoms. The van der Waals surface area contributed by atoms with E-state index in [-0.39, 0.29) is 22.9 Å². The van der Waals surface area contributed by atoms with Crippen LogP contribution in [0.25, 0.3) is 5.57 Å². The Morgan fingerprint density at radius 2 is 1.68 bits per heavy atom. The second-order valence-electron chi connectivity index (χ2n) is 10.5. The van der Waals surface area contributed by atoms with Crippen LogP contribution in [0.15, 0.2) is 102 Å². The summed E-state index contributed by atoms with van der Waals surface area (Å²) in [6.45, 7) is 1.96. The number of carbonyl (C=O) groups excluding carboxylic acids is 3. The number of Topliss-reactive ketones (excluding diaryl/α,β-unsaturated/α-hetero) is 2. The van der Waals surface area contributed by atoms with Crippen LogP contribution in [0, 0.1) is 16.0 Å². The highest BCUT2D eigenvalue weighted by Gasteiger charge is 2.70. The van der Waals surface area contributed by atoms with Crippen LogP contribution < -0.4 is 10.2 Å². The van der Waals surface area contributed by atoms with Gasteiger partial charge in [0, 0.05) is 34.6 Å². The number of hydrogen-bond donors (Lipinski definition) is 1. The largest absolute Gasteiger partial charge is 0.461 e. The van der Waals surface area contributed by atoms with E-state index in [0.717, 1.165) is 16.8 Å². The van der Waals surface area contributed by atoms with Gasteiger partial charge in [0.15, 0.2) is 11.5 Å². The monoisotopic (exact) mass is 545 g/mol. The fraction of sp³-hybridized carbons (Fsp3) is 0.156. The average molecular weight is 546 g/mol. The maximum Gasteiger partial charge on any atom is 0.269 e. The van der Waals surface area contributed by atoms with Crippen molar-refractivity contribution in [3.05, 3.63) is 130 Å². The zero-order valence-electron chi connectivity index (χ0n) is 21.8. The molecule has 4 atom stereocenters. The van der Waals surface area contributed by atoms with Crippen LogP contribution in [0.2, 0.25) is 0 Å². The van der Waals surface area contributed by atoms with E-state index in [0.29, 0.717) is 11.3 Å². The topological polar surface area (TPSA) is 123 Å². The maximum atomic E-state index is 14.6. The van der Waals surface area contributed by atoms with E-state index in [1.165, 1.54) is 36.6 Å². The Hall–Kier alpha value is -5.31. The molecule has 1 saturated heterocycles. The van der Waals surface area contributed by atoms with Crippen LogP contribution in [0.1, 0.15) is 39.0 Å². The highest BCUT2D eigenvalue weighted by atomic mass is 16.6. The van der Waals surface area contributed by atoms with Gasteiger partial charge in [0.25, 0.3) is 5.69 Å². The van der Waals surface area contributed by atoms with Crippen molar-refractivity contribution in [3.63, 3.8) is 0 Å². The minimum atomic E-state index is -1.46. The van der Waals surface area contributed by atoms with Gasteiger partial charge in [-0.05, 0) is 54.5 Å². The molecule has 4 heterocycles. The molecule has 3 aliphatic heterocycles. The molecular weight excluding hydrogens is 522 g/mol. The third-order valence-corrected chi connectivity index (χ3v) is 8.56. The van der Waals surface area contributed by atoms with E-state index in [1.54, 1.807) is 12.1 Å². The lowest BCUT2D eigenvalue weighted by atomic mass is 9.64. The van der Waals surface area contributed by atoms with Gasteiger partial charge >= 0.3 is 0 Å². The number of rotatable bonds is 5. The van der Waals surface area contributed by atoms with Crippen LogP contribution in [-0.4, -0.2) is 34.5 Å². The van der Waals surface area contributed by atoms with Crippen LogP contribution in [0.4, 0.5) is 17.1 Å². The number of benzene rings is 3. The molecule has 1 aromatic heterocycles. The molecule has 9 nitrogen and oxygen atoms in total. The summed E-state index contributed by atoms with van der Waals surface area (Å²) in [6.07, 6.45) is 3.35. The number of anilines is 2. The van der Waals surface area contributed by atoms with Gasteiger partial charge in [-0.2, -0.15) is 0 Å². The highest BCUT2D eigenvalue weighted by molar-refractivity contribution is 6.18. The number of para-hydroxylation sites is 2. The standard InChI is InChI=1S/C32H23N3O6/c1-18-17-26-32(22-8-3-4-9-23(22)33-31(32)38)27(30(37)25-11-6-16-41-25)28(34(26)24-10-5-2-7-21(18)24)29(36)19-12-14-20(15-13-19)35(39)40/h2-17,26-28H,1H3,(H,33,38)/t26-,27-,28-,32+/m0/s1. The van der Waals surface area contributed by atoms with Crippen molar-refractivity contribution in [2.24, 2.45) is 5.92 Å². The lowest BCUT2D eigenvalue weighted by Gasteiger charge is -2.39. The third-order valence-electron chi connectivity index (χ3n) is 8.56. The van der Waals surface area contributed by atoms with Crippen molar-refractivity contribution in [2.75, 3.05) is 10.2 Å². The Morgan fingerprint density at radius 1 is 0.951 bits per heavy atom. The highest BCUT2D eigenvalue weighted by Crippen LogP contribution is 2.58. The van der Waals surface area contributed by atoms with Crippen LogP contribution in [0.5, 0.6) is 0 Å². The summed E-state index contributed by atoms with van der Waals surface area (Å²) in [4.78, 5) is 56.0. The van der Waals surface area contributed by atoms with Crippen molar-refractivity contribution < 1.29 is 23.7 Å². The number of allylic oxidation sites excluding steroid dienone is 1. The van der Waals surface area contributed by atoms with Crippen molar-refractivity contribution in [2.45, 2.75) is 24.4 Å². The van der Waals surface area contributed by atoms with E-state index in [9.17, 15) is 24.5 Å². The molecule has 4 aromatic rings. The molecule has 3 aliphatic rings. The average Bonchev–Trinajstić information content (AvgIpc) is 3.70. The van der Waals surface area contributed by atoms with E-state index in [1.807, 2.05) is 60.4 Å². The molecule has 1 N–H and O–H groups in total. The summed E-state index contributed by atoms with van der Waals surface area (Å²) in [7, 11) is 0. The zero-order valence-corrected chi connectivity index (χ0v) is 21.8. The number of nitrogens with zero attached hydrogens (tertiary/aromatic N) is 2. The van der Waals surface area contributed by atoms with Gasteiger partial charge in [0.2, 0.25) is 11.7 Å². The van der Waals surface area contributed by atoms with Gasteiger partial charge in [0.1, 0.15) is 11.5 Å². The summed E-state index contributed by atoms with van der Waals surface area (Å²) in [6, 6.07) is 21.5. The van der Waals surface area contributed by atoms with Crippen molar-refractivity contribution in [1.29, 1.82) is 0 Å². The van der Waals surface area contributed by atoms with Gasteiger partial charge in [-0.25, -0.2) is 0 Å². The summed E-state index contributed by atoms with van der Waals surface area (Å²) in [5, 5.41) is 14.3. The number of fused-ring (bicyclic) bond motifs is 6. The first kappa shape index (κ1) is 24.7. The molecule has 0 bridgehead atoms. The Morgan fingerprint density at radius 3 is 2.41 bits per heavy atom. The zero-order chi connectivity index (χ0) is 28.5. The van der Waals surface area contributed by atoms with E-state index < -0.39 is 39.9 Å². The van der Waals surface area contributed by atoms with E-state index >= 15 is 0 Å². The first-order valence-corrected chi connectivity index (χ1v) is 13.2. The molecule has 3 aromatic carbocycles. The Bertz CT molecular complexity index is 1790. The molecule has 0 radical (unpaired) electrons. The van der Waals surface area contributed by atoms with Gasteiger partial charge in [-0.3, -0.25) is 24.5 Å². The van der Waals surface area contributed by atoms with Gasteiger partial charge in [0.05, 0.1) is 23.1 Å². The second kappa shape index (κ2) is 8.85. The Balaban J connectivity index is 1.53. The Kier molecular flexibility index (Phi) is 5.34. The number of amides is 1. The predicted molar refractivity (Wildman–Crippen MR) is 151 cm³/mol. The summed E-state index contributed by atoms with van der Waals surface area (Å²) < 4.78 is 5.55. The van der Waals surface area contributed by atoms with Gasteiger partial charge < -0.3 is 14.6 Å². The number of nitrogens with one attached hydrogen (secondary N) is 1. The summed E-state index contributed by atoms with van der Waals surface area (Å²) in [5.41, 5.74) is 2.33. The van der Waals surface area contributed by atoms with Crippen LogP contribution >= 0.6 is 0 Å². The number of non-ortho nitro benzene ring substituents is 1. The van der Waals surface area contributed by atoms with Crippen molar-refractivity contribution in [3.8, 4) is 0 Å². The van der Waals surface area contributed by atoms with Crippen molar-refractivity contribution in [1.82, 2.24) is 0 Å². The molecule has 1 spiro atoms. The quantitative estimate of drug-likeness (QED) is 0.201. The van der Waals surface area contributed by atoms with Gasteiger partial charge in [-0.15, -0.1) is 0 Å². The number of nitro benzene ring substituents is 1. The lowest BCUT2D eigenvalue weighted by Crippen LogP contribution is -2.51. The number of hydrogen-bond acceptors (Lipinski definition) is 7. The van der Waals surface area contributed by atoms with Crippen LogP contribution in [0.3, 0.4) is 0 Å². The first-order valence-electron chi connectivity index (χ1n) is 13.2. The number of carbonyl (C=O) groups is 3. The number of nitro groups is 1. The molecular formula is C32H23N3O6. The normalized spacial score (nSPS) is 23.8. The minimum Gasteiger partial charge on any atom is -0.461 e. The second-order valence-corrected chi connectivity index (χ2v) is 10.5. The summed E-state index contributed by atoms with van der Waals surface area (Å²) >= 11 is 0.